The Morgan fingerprint density at radius 2 is 1.79 bits per heavy atom. The van der Waals surface area contributed by atoms with Gasteiger partial charge in [0, 0.05) is 28.2 Å². The minimum absolute atomic E-state index is 0.156. The molecule has 1 aliphatic heterocycles. The topological polar surface area (TPSA) is 77.0 Å². The number of halogens is 3. The van der Waals surface area contributed by atoms with Gasteiger partial charge in [0.05, 0.1) is 7.14 Å². The van der Waals surface area contributed by atoms with Crippen LogP contribution in [-0.2, 0) is 20.9 Å². The molecule has 6 nitrogen and oxygen atoms in total. The summed E-state index contributed by atoms with van der Waals surface area (Å²) in [7, 11) is 0. The molecular weight excluding hydrogens is 726 g/mol. The van der Waals surface area contributed by atoms with Crippen LogP contribution in [0.2, 0.25) is 0 Å². The molecule has 1 aliphatic rings. The van der Waals surface area contributed by atoms with Crippen LogP contribution < -0.4 is 10.1 Å². The van der Waals surface area contributed by atoms with Crippen molar-refractivity contribution in [1.29, 1.82) is 0 Å². The van der Waals surface area contributed by atoms with Gasteiger partial charge in [-0.1, -0.05) is 34.1 Å². The Bertz CT molecular complexity index is 1310. The molecule has 0 radical (unpaired) electrons. The van der Waals surface area contributed by atoms with E-state index < -0.39 is 5.97 Å². The Kier molecular flexibility index (Phi) is 8.04. The summed E-state index contributed by atoms with van der Waals surface area (Å²) in [6.45, 7) is 1.88. The average molecular weight is 743 g/mol. The number of rotatable bonds is 6. The van der Waals surface area contributed by atoms with Gasteiger partial charge < -0.3 is 14.8 Å². The zero-order chi connectivity index (χ0) is 24.2. The summed E-state index contributed by atoms with van der Waals surface area (Å²) in [5.41, 5.74) is 3.39. The second kappa shape index (κ2) is 11.0. The number of carbonyl (C=O) groups is 2. The van der Waals surface area contributed by atoms with Gasteiger partial charge in [-0.3, -0.25) is 4.79 Å². The van der Waals surface area contributed by atoms with Crippen molar-refractivity contribution in [2.45, 2.75) is 13.5 Å². The minimum atomic E-state index is -0.514. The lowest BCUT2D eigenvalue weighted by Crippen LogP contribution is -2.07. The molecule has 0 saturated carbocycles. The van der Waals surface area contributed by atoms with E-state index in [1.807, 2.05) is 36.4 Å². The Morgan fingerprint density at radius 1 is 1.12 bits per heavy atom. The molecular formula is C25H17BrI2N2O4. The fourth-order valence-electron chi connectivity index (χ4n) is 3.16. The third-order valence-corrected chi connectivity index (χ3v) is 7.10. The van der Waals surface area contributed by atoms with Crippen molar-refractivity contribution >= 4 is 90.6 Å². The van der Waals surface area contributed by atoms with Gasteiger partial charge in [0.15, 0.2) is 5.70 Å². The number of amides is 1. The predicted molar refractivity (Wildman–Crippen MR) is 152 cm³/mol. The Hall–Kier alpha value is -2.25. The summed E-state index contributed by atoms with van der Waals surface area (Å²) in [6, 6.07) is 18.7. The van der Waals surface area contributed by atoms with E-state index in [2.05, 4.69) is 71.4 Å². The first kappa shape index (κ1) is 24.9. The quantitative estimate of drug-likeness (QED) is 0.177. The van der Waals surface area contributed by atoms with E-state index in [9.17, 15) is 9.59 Å². The molecule has 0 bridgehead atoms. The molecule has 0 aliphatic carbocycles. The summed E-state index contributed by atoms with van der Waals surface area (Å²) < 4.78 is 14.3. The Labute approximate surface area is 232 Å². The van der Waals surface area contributed by atoms with E-state index in [-0.39, 0.29) is 17.5 Å². The zero-order valence-corrected chi connectivity index (χ0v) is 23.7. The van der Waals surface area contributed by atoms with Gasteiger partial charge in [-0.05, 0) is 99.3 Å². The highest BCUT2D eigenvalue weighted by atomic mass is 127. The SMILES string of the molecule is CC(=O)Nc1ccc(C2=N/C(=C\c3cc(I)c(OCc4ccccc4Br)c(I)c3)C(=O)O2)cc1. The first-order valence-electron chi connectivity index (χ1n) is 10.1. The standard InChI is InChI=1S/C25H17BrI2N2O4/c1-14(31)29-18-8-6-16(7-9-18)24-30-22(25(32)34-24)12-15-10-20(27)23(21(28)11-15)33-13-17-4-2-3-5-19(17)26/h2-12H,13H2,1H3,(H,29,31)/b22-12-. The third-order valence-electron chi connectivity index (χ3n) is 4.73. The lowest BCUT2D eigenvalue weighted by molar-refractivity contribution is -0.129. The molecule has 3 aromatic carbocycles. The number of esters is 1. The van der Waals surface area contributed by atoms with Crippen molar-refractivity contribution in [3.63, 3.8) is 0 Å². The fraction of sp³-hybridized carbons (Fsp3) is 0.0800. The Morgan fingerprint density at radius 3 is 2.44 bits per heavy atom. The molecule has 0 saturated heterocycles. The molecule has 0 aromatic heterocycles. The van der Waals surface area contributed by atoms with Crippen LogP contribution in [0.4, 0.5) is 5.69 Å². The lowest BCUT2D eigenvalue weighted by Gasteiger charge is -2.12. The van der Waals surface area contributed by atoms with Crippen molar-refractivity contribution < 1.29 is 19.1 Å². The highest BCUT2D eigenvalue weighted by Gasteiger charge is 2.24. The monoisotopic (exact) mass is 742 g/mol. The van der Waals surface area contributed by atoms with Crippen LogP contribution in [0.25, 0.3) is 6.08 Å². The molecule has 172 valence electrons. The number of aliphatic imine (C=N–C) groups is 1. The van der Waals surface area contributed by atoms with Gasteiger partial charge in [0.1, 0.15) is 12.4 Å². The van der Waals surface area contributed by atoms with Crippen LogP contribution in [0.5, 0.6) is 5.75 Å². The molecule has 0 spiro atoms. The number of carbonyl (C=O) groups excluding carboxylic acids is 2. The highest BCUT2D eigenvalue weighted by Crippen LogP contribution is 2.32. The Balaban J connectivity index is 1.53. The van der Waals surface area contributed by atoms with Crippen LogP contribution in [0.15, 0.2) is 75.8 Å². The molecule has 34 heavy (non-hydrogen) atoms. The first-order valence-corrected chi connectivity index (χ1v) is 13.0. The van der Waals surface area contributed by atoms with Crippen LogP contribution >= 0.6 is 61.1 Å². The van der Waals surface area contributed by atoms with Crippen molar-refractivity contribution in [3.05, 3.63) is 94.7 Å². The molecule has 0 unspecified atom stereocenters. The second-order valence-electron chi connectivity index (χ2n) is 7.29. The number of benzene rings is 3. The smallest absolute Gasteiger partial charge is 0.363 e. The van der Waals surface area contributed by atoms with Crippen LogP contribution in [0.3, 0.4) is 0 Å². The normalized spacial score (nSPS) is 14.1. The van der Waals surface area contributed by atoms with Gasteiger partial charge in [-0.15, -0.1) is 0 Å². The number of hydrogen-bond donors (Lipinski definition) is 1. The van der Waals surface area contributed by atoms with Gasteiger partial charge in [-0.25, -0.2) is 9.79 Å². The van der Waals surface area contributed by atoms with Crippen molar-refractivity contribution in [2.75, 3.05) is 5.32 Å². The summed E-state index contributed by atoms with van der Waals surface area (Å²) >= 11 is 8.00. The minimum Gasteiger partial charge on any atom is -0.487 e. The van der Waals surface area contributed by atoms with Crippen LogP contribution in [0, 0.1) is 7.14 Å². The number of cyclic esters (lactones) is 1. The maximum atomic E-state index is 12.4. The molecule has 1 amide bonds. The molecule has 4 rings (SSSR count). The largest absolute Gasteiger partial charge is 0.487 e. The maximum Gasteiger partial charge on any atom is 0.363 e. The zero-order valence-electron chi connectivity index (χ0n) is 17.8. The van der Waals surface area contributed by atoms with Gasteiger partial charge in [-0.2, -0.15) is 0 Å². The number of ether oxygens (including phenoxy) is 2. The van der Waals surface area contributed by atoms with E-state index in [1.165, 1.54) is 6.92 Å². The maximum absolute atomic E-state index is 12.4. The van der Waals surface area contributed by atoms with E-state index in [0.717, 1.165) is 28.5 Å². The van der Waals surface area contributed by atoms with Gasteiger partial charge >= 0.3 is 5.97 Å². The van der Waals surface area contributed by atoms with E-state index in [4.69, 9.17) is 9.47 Å². The molecule has 0 atom stereocenters. The highest BCUT2D eigenvalue weighted by molar-refractivity contribution is 14.1. The van der Waals surface area contributed by atoms with Crippen LogP contribution in [-0.4, -0.2) is 17.8 Å². The third kappa shape index (κ3) is 6.05. The molecule has 3 aromatic rings. The average Bonchev–Trinajstić information content (AvgIpc) is 3.14. The predicted octanol–water partition coefficient (Wildman–Crippen LogP) is 6.54. The van der Waals surface area contributed by atoms with E-state index >= 15 is 0 Å². The summed E-state index contributed by atoms with van der Waals surface area (Å²) in [5.74, 6) is 0.344. The number of nitrogens with one attached hydrogen (secondary N) is 1. The van der Waals surface area contributed by atoms with Crippen molar-refractivity contribution in [3.8, 4) is 5.75 Å². The summed E-state index contributed by atoms with van der Waals surface area (Å²) in [4.78, 5) is 28.0. The second-order valence-corrected chi connectivity index (χ2v) is 10.5. The molecule has 1 N–H and O–H groups in total. The van der Waals surface area contributed by atoms with Crippen molar-refractivity contribution in [2.24, 2.45) is 4.99 Å². The fourth-order valence-corrected chi connectivity index (χ4v) is 5.68. The van der Waals surface area contributed by atoms with Crippen molar-refractivity contribution in [1.82, 2.24) is 0 Å². The summed E-state index contributed by atoms with van der Waals surface area (Å²) in [6.07, 6.45) is 1.70. The number of anilines is 1. The van der Waals surface area contributed by atoms with Gasteiger partial charge in [0.25, 0.3) is 0 Å². The molecule has 0 fully saturated rings. The van der Waals surface area contributed by atoms with E-state index in [0.29, 0.717) is 17.9 Å². The van der Waals surface area contributed by atoms with E-state index in [1.54, 1.807) is 30.3 Å². The number of nitrogens with zero attached hydrogens (tertiary/aromatic N) is 1. The lowest BCUT2D eigenvalue weighted by atomic mass is 10.2. The van der Waals surface area contributed by atoms with Crippen LogP contribution in [0.1, 0.15) is 23.6 Å². The number of hydrogen-bond acceptors (Lipinski definition) is 5. The first-order chi connectivity index (χ1) is 16.3. The summed E-state index contributed by atoms with van der Waals surface area (Å²) in [5, 5.41) is 2.70. The molecule has 9 heteroatoms. The van der Waals surface area contributed by atoms with Gasteiger partial charge in [0.2, 0.25) is 11.8 Å². The molecule has 1 heterocycles.